The Hall–Kier alpha value is -1.86. The van der Waals surface area contributed by atoms with Crippen LogP contribution in [-0.4, -0.2) is 85.9 Å². The third-order valence-electron chi connectivity index (χ3n) is 4.14. The van der Waals surface area contributed by atoms with Crippen LogP contribution < -0.4 is 5.32 Å². The summed E-state index contributed by atoms with van der Waals surface area (Å²) in [6.07, 6.45) is -7.04. The van der Waals surface area contributed by atoms with E-state index >= 15 is 0 Å². The molecule has 1 unspecified atom stereocenters. The number of carbonyl (C=O) groups excluding carboxylic acids is 4. The molecule has 0 bridgehead atoms. The van der Waals surface area contributed by atoms with E-state index in [2.05, 4.69) is 5.32 Å². The Labute approximate surface area is 182 Å². The summed E-state index contributed by atoms with van der Waals surface area (Å²) in [6, 6.07) is -1.78. The maximum absolute atomic E-state index is 12.0. The molecular formula is C15H25NO14P2. The Balaban J connectivity index is 3.69. The molecule has 17 heteroatoms. The largest absolute Gasteiger partial charge is 0.463 e. The van der Waals surface area contributed by atoms with Crippen LogP contribution in [0, 0.1) is 0 Å². The lowest BCUT2D eigenvalue weighted by Gasteiger charge is -2.47. The molecule has 0 saturated carbocycles. The highest BCUT2D eigenvalue weighted by molar-refractivity contribution is 7.71. The number of amides is 1. The van der Waals surface area contributed by atoms with Crippen molar-refractivity contribution in [3.05, 3.63) is 0 Å². The fourth-order valence-corrected chi connectivity index (χ4v) is 6.05. The molecule has 1 amide bonds. The van der Waals surface area contributed by atoms with Crippen molar-refractivity contribution in [1.82, 2.24) is 5.32 Å². The number of hydrogen-bond acceptors (Lipinski definition) is 10. The van der Waals surface area contributed by atoms with Crippen LogP contribution in [0.5, 0.6) is 0 Å². The molecule has 1 heterocycles. The van der Waals surface area contributed by atoms with Crippen molar-refractivity contribution in [1.29, 1.82) is 0 Å². The van der Waals surface area contributed by atoms with E-state index in [9.17, 15) is 47.9 Å². The van der Waals surface area contributed by atoms with Gasteiger partial charge in [-0.3, -0.25) is 28.3 Å². The molecule has 1 fully saturated rings. The average Bonchev–Trinajstić information content (AvgIpc) is 2.54. The molecule has 1 rings (SSSR count). The van der Waals surface area contributed by atoms with Crippen molar-refractivity contribution < 1.29 is 66.8 Å². The fraction of sp³-hybridized carbons (Fsp3) is 0.733. The van der Waals surface area contributed by atoms with Gasteiger partial charge >= 0.3 is 33.1 Å². The normalized spacial score (nSPS) is 26.2. The maximum atomic E-state index is 12.0. The minimum atomic E-state index is -5.61. The molecule has 32 heavy (non-hydrogen) atoms. The van der Waals surface area contributed by atoms with Gasteiger partial charge in [0.05, 0.1) is 6.04 Å². The molecule has 0 spiro atoms. The number of esters is 3. The van der Waals surface area contributed by atoms with Gasteiger partial charge in [-0.05, 0) is 0 Å². The Morgan fingerprint density at radius 1 is 0.875 bits per heavy atom. The van der Waals surface area contributed by atoms with E-state index in [4.69, 9.17) is 18.9 Å². The van der Waals surface area contributed by atoms with Crippen molar-refractivity contribution in [3.63, 3.8) is 0 Å². The second kappa shape index (κ2) is 10.8. The number of nitrogens with one attached hydrogen (secondary N) is 1. The lowest BCUT2D eigenvalue weighted by atomic mass is 9.92. The SMILES string of the molecule is CC(=O)N[C@H]1C(C(P(=O)(O)O)P(=O)(O)O)O[C@H](COC(C)=O)[C@H](OC(C)=O)[C@@H]1OC(C)=O. The van der Waals surface area contributed by atoms with Crippen LogP contribution in [0.3, 0.4) is 0 Å². The molecule has 5 N–H and O–H groups in total. The van der Waals surface area contributed by atoms with Gasteiger partial charge in [0.25, 0.3) is 0 Å². The van der Waals surface area contributed by atoms with E-state index in [1.807, 2.05) is 0 Å². The summed E-state index contributed by atoms with van der Waals surface area (Å²) in [5.74, 6) is -3.60. The van der Waals surface area contributed by atoms with Crippen molar-refractivity contribution in [2.75, 3.05) is 6.61 Å². The zero-order chi connectivity index (χ0) is 25.0. The molecule has 0 aromatic heterocycles. The summed E-state index contributed by atoms with van der Waals surface area (Å²) in [4.78, 5) is 84.9. The minimum Gasteiger partial charge on any atom is -0.463 e. The molecule has 0 radical (unpaired) electrons. The van der Waals surface area contributed by atoms with Crippen molar-refractivity contribution in [2.45, 2.75) is 63.6 Å². The van der Waals surface area contributed by atoms with Crippen LogP contribution in [0.2, 0.25) is 0 Å². The van der Waals surface area contributed by atoms with E-state index in [0.29, 0.717) is 0 Å². The van der Waals surface area contributed by atoms with Gasteiger partial charge in [0.1, 0.15) is 18.8 Å². The highest BCUT2D eigenvalue weighted by Crippen LogP contribution is 2.63. The van der Waals surface area contributed by atoms with Crippen molar-refractivity contribution >= 4 is 39.0 Å². The van der Waals surface area contributed by atoms with Gasteiger partial charge in [-0.25, -0.2) is 0 Å². The molecule has 1 saturated heterocycles. The topological polar surface area (TPSA) is 232 Å². The quantitative estimate of drug-likeness (QED) is 0.142. The van der Waals surface area contributed by atoms with Gasteiger partial charge in [-0.2, -0.15) is 0 Å². The van der Waals surface area contributed by atoms with Gasteiger partial charge < -0.3 is 43.8 Å². The first-order valence-electron chi connectivity index (χ1n) is 8.96. The molecule has 15 nitrogen and oxygen atoms in total. The van der Waals surface area contributed by atoms with Gasteiger partial charge in [0.2, 0.25) is 5.91 Å². The minimum absolute atomic E-state index is 0.705. The Morgan fingerprint density at radius 2 is 1.34 bits per heavy atom. The number of hydrogen-bond donors (Lipinski definition) is 5. The third-order valence-corrected chi connectivity index (χ3v) is 7.91. The zero-order valence-corrected chi connectivity index (χ0v) is 19.2. The van der Waals surface area contributed by atoms with E-state index in [0.717, 1.165) is 27.7 Å². The highest BCUT2D eigenvalue weighted by Gasteiger charge is 2.60. The predicted octanol–water partition coefficient (Wildman–Crippen LogP) is -1.63. The van der Waals surface area contributed by atoms with Crippen molar-refractivity contribution in [2.24, 2.45) is 0 Å². The van der Waals surface area contributed by atoms with Gasteiger partial charge in [0, 0.05) is 27.7 Å². The lowest BCUT2D eigenvalue weighted by molar-refractivity contribution is -0.222. The second-order valence-corrected chi connectivity index (χ2v) is 10.8. The second-order valence-electron chi connectivity index (χ2n) is 6.91. The van der Waals surface area contributed by atoms with Crippen LogP contribution in [-0.2, 0) is 47.3 Å². The highest BCUT2D eigenvalue weighted by atomic mass is 31.2. The van der Waals surface area contributed by atoms with E-state index in [-0.39, 0.29) is 0 Å². The van der Waals surface area contributed by atoms with Crippen LogP contribution in [0.4, 0.5) is 0 Å². The first-order valence-corrected chi connectivity index (χ1v) is 12.3. The van der Waals surface area contributed by atoms with Crippen LogP contribution >= 0.6 is 15.2 Å². The molecule has 0 aromatic rings. The predicted molar refractivity (Wildman–Crippen MR) is 102 cm³/mol. The number of carbonyl (C=O) groups is 4. The summed E-state index contributed by atoms with van der Waals surface area (Å²) in [5.41, 5.74) is 0. The molecular weight excluding hydrogens is 480 g/mol. The summed E-state index contributed by atoms with van der Waals surface area (Å²) in [6.45, 7) is 3.19. The summed E-state index contributed by atoms with van der Waals surface area (Å²) < 4.78 is 44.4. The van der Waals surface area contributed by atoms with E-state index < -0.39 is 81.5 Å². The zero-order valence-electron chi connectivity index (χ0n) is 17.4. The van der Waals surface area contributed by atoms with E-state index in [1.165, 1.54) is 0 Å². The van der Waals surface area contributed by atoms with Crippen LogP contribution in [0.15, 0.2) is 0 Å². The third kappa shape index (κ3) is 7.93. The molecule has 5 atom stereocenters. The standard InChI is InChI=1S/C15H25NO14P2/c1-6(17)16-11-13(29-9(4)20)12(28-8(3)19)10(5-27-7(2)18)30-14(11)15(31(21,22)23)32(24,25)26/h10-15H,5H2,1-4H3,(H,16,17)(H2,21,22,23)(H2,24,25,26)/t10-,11-,12+,13-,14?/m1/s1. The number of ether oxygens (including phenoxy) is 4. The number of rotatable bonds is 8. The first kappa shape index (κ1) is 28.2. The Bertz CT molecular complexity index is 812. The van der Waals surface area contributed by atoms with E-state index in [1.54, 1.807) is 0 Å². The Morgan fingerprint density at radius 3 is 1.72 bits per heavy atom. The fourth-order valence-electron chi connectivity index (χ4n) is 3.20. The summed E-state index contributed by atoms with van der Waals surface area (Å²) in [7, 11) is -11.2. The lowest BCUT2D eigenvalue weighted by Crippen LogP contribution is -2.68. The Kier molecular flexibility index (Phi) is 9.54. The van der Waals surface area contributed by atoms with Gasteiger partial charge in [0.15, 0.2) is 17.6 Å². The molecule has 0 aromatic carbocycles. The smallest absolute Gasteiger partial charge is 0.343 e. The monoisotopic (exact) mass is 505 g/mol. The molecule has 0 aliphatic carbocycles. The summed E-state index contributed by atoms with van der Waals surface area (Å²) in [5, 5.41) is -0.629. The van der Waals surface area contributed by atoms with Crippen molar-refractivity contribution in [3.8, 4) is 0 Å². The maximum Gasteiger partial charge on any atom is 0.343 e. The molecule has 1 aliphatic rings. The molecule has 1 aliphatic heterocycles. The van der Waals surface area contributed by atoms with Crippen LogP contribution in [0.25, 0.3) is 0 Å². The summed E-state index contributed by atoms with van der Waals surface area (Å²) >= 11 is 0. The molecule has 184 valence electrons. The van der Waals surface area contributed by atoms with Gasteiger partial charge in [-0.15, -0.1) is 0 Å². The average molecular weight is 505 g/mol. The first-order chi connectivity index (χ1) is 14.4. The van der Waals surface area contributed by atoms with Gasteiger partial charge in [-0.1, -0.05) is 0 Å². The van der Waals surface area contributed by atoms with Crippen LogP contribution in [0.1, 0.15) is 27.7 Å².